The molecule has 2 heterocycles. The molecule has 0 spiro atoms. The molecule has 230 valence electrons. The molecule has 6 rings (SSSR count). The van der Waals surface area contributed by atoms with Gasteiger partial charge < -0.3 is 9.13 Å². The third-order valence-electron chi connectivity index (χ3n) is 9.96. The van der Waals surface area contributed by atoms with Crippen LogP contribution in [0.15, 0.2) is 81.7 Å². The van der Waals surface area contributed by atoms with E-state index in [1.54, 1.807) is 0 Å². The molecule has 2 nitrogen and oxygen atoms in total. The smallest absolute Gasteiger partial charge is 0.0492 e. The number of nitrogens with zero attached hydrogens (tertiary/aromatic N) is 2. The Bertz CT molecular complexity index is 1770. The second-order valence-electron chi connectivity index (χ2n) is 12.8. The molecule has 2 atom stereocenters. The van der Waals surface area contributed by atoms with Gasteiger partial charge in [0.1, 0.15) is 0 Å². The molecule has 2 aromatic heterocycles. The summed E-state index contributed by atoms with van der Waals surface area (Å²) >= 11 is 7.54. The predicted molar refractivity (Wildman–Crippen MR) is 200 cm³/mol. The maximum Gasteiger partial charge on any atom is 0.0492 e. The van der Waals surface area contributed by atoms with Crippen molar-refractivity contribution in [3.05, 3.63) is 81.7 Å². The van der Waals surface area contributed by atoms with Crippen molar-refractivity contribution in [3.63, 3.8) is 0 Å². The van der Waals surface area contributed by atoms with Crippen molar-refractivity contribution in [2.24, 2.45) is 11.8 Å². The fraction of sp³-hybridized carbons (Fsp3) is 0.400. The molecule has 0 radical (unpaired) electrons. The number of aromatic nitrogens is 2. The molecule has 44 heavy (non-hydrogen) atoms. The van der Waals surface area contributed by atoms with Crippen LogP contribution in [0, 0.1) is 11.8 Å². The number of hydrogen-bond donors (Lipinski definition) is 0. The van der Waals surface area contributed by atoms with Gasteiger partial charge in [0.15, 0.2) is 0 Å². The van der Waals surface area contributed by atoms with Crippen molar-refractivity contribution < 1.29 is 0 Å². The molecule has 0 saturated carbocycles. The Kier molecular flexibility index (Phi) is 9.88. The Morgan fingerprint density at radius 1 is 0.500 bits per heavy atom. The number of rotatable bonds is 13. The largest absolute Gasteiger partial charge is 0.340 e. The molecule has 4 aromatic carbocycles. The zero-order chi connectivity index (χ0) is 30.8. The molecular formula is C40H46Br2N2. The van der Waals surface area contributed by atoms with Gasteiger partial charge in [-0.05, 0) is 96.5 Å². The lowest BCUT2D eigenvalue weighted by Crippen LogP contribution is -2.10. The van der Waals surface area contributed by atoms with Crippen LogP contribution >= 0.6 is 31.9 Å². The number of unbranched alkanes of at least 4 members (excludes halogenated alkanes) is 2. The van der Waals surface area contributed by atoms with E-state index in [0.717, 1.165) is 22.0 Å². The van der Waals surface area contributed by atoms with Crippen molar-refractivity contribution >= 4 is 75.5 Å². The molecule has 0 aliphatic heterocycles. The second-order valence-corrected chi connectivity index (χ2v) is 14.7. The molecule has 0 aliphatic rings. The molecule has 0 fully saturated rings. The predicted octanol–water partition coefficient (Wildman–Crippen LogP) is 13.5. The van der Waals surface area contributed by atoms with Crippen LogP contribution in [-0.4, -0.2) is 9.13 Å². The lowest BCUT2D eigenvalue weighted by molar-refractivity contribution is 0.401. The molecule has 2 unspecified atom stereocenters. The Hall–Kier alpha value is -2.56. The van der Waals surface area contributed by atoms with E-state index in [4.69, 9.17) is 0 Å². The summed E-state index contributed by atoms with van der Waals surface area (Å²) in [6.45, 7) is 11.5. The SMILES string of the molecule is CCCCC(CC)Cn1c2ccc(Br)cc2c2cc(-c3ccc4c(c3)c3cc(Br)ccc3n4CC(CC)CCCC)ccc21. The first-order valence-electron chi connectivity index (χ1n) is 16.9. The van der Waals surface area contributed by atoms with E-state index in [1.165, 1.54) is 106 Å². The van der Waals surface area contributed by atoms with E-state index in [9.17, 15) is 0 Å². The van der Waals surface area contributed by atoms with Crippen molar-refractivity contribution in [2.75, 3.05) is 0 Å². The quantitative estimate of drug-likeness (QED) is 0.113. The van der Waals surface area contributed by atoms with Gasteiger partial charge in [-0.2, -0.15) is 0 Å². The lowest BCUT2D eigenvalue weighted by atomic mass is 9.99. The van der Waals surface area contributed by atoms with Gasteiger partial charge in [0, 0.05) is 65.6 Å². The van der Waals surface area contributed by atoms with Gasteiger partial charge in [0.25, 0.3) is 0 Å². The average molecular weight is 715 g/mol. The fourth-order valence-electron chi connectivity index (χ4n) is 7.26. The van der Waals surface area contributed by atoms with Gasteiger partial charge in [-0.1, -0.05) is 110 Å². The van der Waals surface area contributed by atoms with Gasteiger partial charge in [-0.15, -0.1) is 0 Å². The number of benzene rings is 4. The molecule has 6 aromatic rings. The summed E-state index contributed by atoms with van der Waals surface area (Å²) in [5.74, 6) is 1.40. The van der Waals surface area contributed by atoms with E-state index >= 15 is 0 Å². The highest BCUT2D eigenvalue weighted by Gasteiger charge is 2.18. The molecule has 0 amide bonds. The van der Waals surface area contributed by atoms with E-state index in [2.05, 4.69) is 141 Å². The molecule has 0 N–H and O–H groups in total. The second kappa shape index (κ2) is 13.8. The summed E-state index contributed by atoms with van der Waals surface area (Å²) in [4.78, 5) is 0. The first-order chi connectivity index (χ1) is 21.4. The minimum Gasteiger partial charge on any atom is -0.340 e. The number of halogens is 2. The van der Waals surface area contributed by atoms with Crippen LogP contribution in [0.3, 0.4) is 0 Å². The minimum atomic E-state index is 0.699. The molecule has 0 saturated heterocycles. The first-order valence-corrected chi connectivity index (χ1v) is 18.5. The summed E-state index contributed by atoms with van der Waals surface area (Å²) in [7, 11) is 0. The van der Waals surface area contributed by atoms with Gasteiger partial charge >= 0.3 is 0 Å². The average Bonchev–Trinajstić information content (AvgIpc) is 3.51. The zero-order valence-electron chi connectivity index (χ0n) is 26.8. The van der Waals surface area contributed by atoms with E-state index in [0.29, 0.717) is 11.8 Å². The maximum absolute atomic E-state index is 3.77. The Labute approximate surface area is 280 Å². The highest BCUT2D eigenvalue weighted by molar-refractivity contribution is 9.10. The molecular weight excluding hydrogens is 668 g/mol. The molecule has 4 heteroatoms. The van der Waals surface area contributed by atoms with Crippen LogP contribution in [-0.2, 0) is 13.1 Å². The van der Waals surface area contributed by atoms with Crippen LogP contribution in [0.5, 0.6) is 0 Å². The summed E-state index contributed by atoms with van der Waals surface area (Å²) in [6, 6.07) is 27.9. The molecule has 0 aliphatic carbocycles. The van der Waals surface area contributed by atoms with E-state index in [1.807, 2.05) is 0 Å². The highest BCUT2D eigenvalue weighted by Crippen LogP contribution is 2.38. The summed E-state index contributed by atoms with van der Waals surface area (Å²) < 4.78 is 7.44. The highest BCUT2D eigenvalue weighted by atomic mass is 79.9. The van der Waals surface area contributed by atoms with E-state index in [-0.39, 0.29) is 0 Å². The maximum atomic E-state index is 3.77. The number of fused-ring (bicyclic) bond motifs is 6. The zero-order valence-corrected chi connectivity index (χ0v) is 30.0. The minimum absolute atomic E-state index is 0.699. The molecule has 0 bridgehead atoms. The van der Waals surface area contributed by atoms with Gasteiger partial charge in [-0.25, -0.2) is 0 Å². The lowest BCUT2D eigenvalue weighted by Gasteiger charge is -2.17. The van der Waals surface area contributed by atoms with Crippen LogP contribution < -0.4 is 0 Å². The Balaban J connectivity index is 1.46. The first kappa shape index (κ1) is 31.4. The Morgan fingerprint density at radius 2 is 0.864 bits per heavy atom. The fourth-order valence-corrected chi connectivity index (χ4v) is 7.98. The summed E-state index contributed by atoms with van der Waals surface area (Å²) in [6.07, 6.45) is 10.2. The normalized spacial score (nSPS) is 13.5. The van der Waals surface area contributed by atoms with Gasteiger partial charge in [-0.3, -0.25) is 0 Å². The Morgan fingerprint density at radius 3 is 1.23 bits per heavy atom. The van der Waals surface area contributed by atoms with Gasteiger partial charge in [0.2, 0.25) is 0 Å². The third-order valence-corrected chi connectivity index (χ3v) is 10.9. The van der Waals surface area contributed by atoms with Crippen molar-refractivity contribution in [2.45, 2.75) is 92.2 Å². The van der Waals surface area contributed by atoms with E-state index < -0.39 is 0 Å². The van der Waals surface area contributed by atoms with Crippen LogP contribution in [0.1, 0.15) is 79.1 Å². The monoisotopic (exact) mass is 712 g/mol. The summed E-state index contributed by atoms with van der Waals surface area (Å²) in [5, 5.41) is 5.36. The number of hydrogen-bond acceptors (Lipinski definition) is 0. The summed E-state index contributed by atoms with van der Waals surface area (Å²) in [5.41, 5.74) is 7.93. The van der Waals surface area contributed by atoms with Crippen molar-refractivity contribution in [1.82, 2.24) is 9.13 Å². The standard InChI is InChI=1S/C40H46Br2N2/c1-5-9-11-27(7-3)25-43-37-17-13-29(21-33(37)35-23-31(41)15-19-39(35)43)30-14-18-38-34(22-30)36-24-32(42)16-20-40(36)44(38)26-28(8-4)12-10-6-2/h13-24,27-28H,5-12,25-26H2,1-4H3. The van der Waals surface area contributed by atoms with Crippen LogP contribution in [0.2, 0.25) is 0 Å². The van der Waals surface area contributed by atoms with Crippen molar-refractivity contribution in [1.29, 1.82) is 0 Å². The topological polar surface area (TPSA) is 9.86 Å². The third kappa shape index (κ3) is 6.14. The van der Waals surface area contributed by atoms with Crippen LogP contribution in [0.4, 0.5) is 0 Å². The van der Waals surface area contributed by atoms with Crippen molar-refractivity contribution in [3.8, 4) is 11.1 Å². The van der Waals surface area contributed by atoms with Gasteiger partial charge in [0.05, 0.1) is 0 Å². The van der Waals surface area contributed by atoms with Crippen LogP contribution in [0.25, 0.3) is 54.7 Å².